The Morgan fingerprint density at radius 1 is 0.939 bits per heavy atom. The number of piperazine rings is 1. The summed E-state index contributed by atoms with van der Waals surface area (Å²) < 4.78 is 32.1. The van der Waals surface area contributed by atoms with Crippen LogP contribution in [0.5, 0.6) is 5.75 Å². The van der Waals surface area contributed by atoms with Gasteiger partial charge in [0.25, 0.3) is 5.91 Å². The standard InChI is InChI=1S/C24H24N2O6S/c1-17-6-9-19(10-7-17)33(30,31)26-14-12-25(13-15-26)22(27)16-32-24(29)21-11-8-18-4-2-3-5-20(18)23(21)28/h2-11,28H,12-16H2,1H3. The van der Waals surface area contributed by atoms with Gasteiger partial charge < -0.3 is 14.7 Å². The average Bonchev–Trinajstić information content (AvgIpc) is 2.83. The number of fused-ring (bicyclic) bond motifs is 1. The molecule has 1 N–H and O–H groups in total. The van der Waals surface area contributed by atoms with Crippen molar-refractivity contribution in [2.75, 3.05) is 32.8 Å². The molecule has 1 fully saturated rings. The monoisotopic (exact) mass is 468 g/mol. The second-order valence-electron chi connectivity index (χ2n) is 7.86. The third-order valence-electron chi connectivity index (χ3n) is 5.70. The molecule has 1 aliphatic rings. The largest absolute Gasteiger partial charge is 0.506 e. The van der Waals surface area contributed by atoms with Crippen molar-refractivity contribution in [3.63, 3.8) is 0 Å². The van der Waals surface area contributed by atoms with E-state index in [9.17, 15) is 23.1 Å². The zero-order chi connectivity index (χ0) is 23.6. The highest BCUT2D eigenvalue weighted by molar-refractivity contribution is 7.89. The number of sulfonamides is 1. The number of nitrogens with zero attached hydrogens (tertiary/aromatic N) is 2. The normalized spacial score (nSPS) is 14.9. The summed E-state index contributed by atoms with van der Waals surface area (Å²) in [5.74, 6) is -1.41. The predicted molar refractivity (Wildman–Crippen MR) is 122 cm³/mol. The Kier molecular flexibility index (Phi) is 6.35. The molecule has 1 heterocycles. The molecule has 0 radical (unpaired) electrons. The maximum absolute atomic E-state index is 12.8. The molecule has 1 amide bonds. The Bertz CT molecular complexity index is 1300. The predicted octanol–water partition coefficient (Wildman–Crippen LogP) is 2.54. The van der Waals surface area contributed by atoms with Crippen molar-refractivity contribution in [3.05, 3.63) is 71.8 Å². The summed E-state index contributed by atoms with van der Waals surface area (Å²) in [4.78, 5) is 26.6. The summed E-state index contributed by atoms with van der Waals surface area (Å²) in [6.45, 7) is 2.10. The first-order chi connectivity index (χ1) is 15.8. The van der Waals surface area contributed by atoms with Gasteiger partial charge in [-0.3, -0.25) is 4.79 Å². The van der Waals surface area contributed by atoms with Crippen molar-refractivity contribution in [1.82, 2.24) is 9.21 Å². The van der Waals surface area contributed by atoms with Crippen molar-refractivity contribution < 1.29 is 27.9 Å². The van der Waals surface area contributed by atoms with Crippen molar-refractivity contribution in [3.8, 4) is 5.75 Å². The molecule has 8 nitrogen and oxygen atoms in total. The summed E-state index contributed by atoms with van der Waals surface area (Å²) in [5.41, 5.74) is 0.950. The number of benzene rings is 3. The highest BCUT2D eigenvalue weighted by Crippen LogP contribution is 2.29. The fourth-order valence-electron chi connectivity index (χ4n) is 3.75. The third kappa shape index (κ3) is 4.69. The van der Waals surface area contributed by atoms with Crippen LogP contribution in [0.1, 0.15) is 15.9 Å². The summed E-state index contributed by atoms with van der Waals surface area (Å²) in [5, 5.41) is 11.7. The molecular formula is C24H24N2O6S. The van der Waals surface area contributed by atoms with E-state index >= 15 is 0 Å². The molecule has 3 aromatic rings. The molecule has 0 saturated carbocycles. The number of rotatable bonds is 5. The number of carbonyl (C=O) groups excluding carboxylic acids is 2. The van der Waals surface area contributed by atoms with Crippen LogP contribution in [0.25, 0.3) is 10.8 Å². The van der Waals surface area contributed by atoms with E-state index in [4.69, 9.17) is 4.74 Å². The van der Waals surface area contributed by atoms with Crippen molar-refractivity contribution in [2.45, 2.75) is 11.8 Å². The van der Waals surface area contributed by atoms with E-state index in [1.54, 1.807) is 42.5 Å². The van der Waals surface area contributed by atoms with Gasteiger partial charge in [0.1, 0.15) is 11.3 Å². The number of hydrogen-bond acceptors (Lipinski definition) is 6. The molecule has 0 aliphatic carbocycles. The molecule has 0 bridgehead atoms. The lowest BCUT2D eigenvalue weighted by Gasteiger charge is -2.33. The molecule has 1 aliphatic heterocycles. The quantitative estimate of drug-likeness (QED) is 0.577. The smallest absolute Gasteiger partial charge is 0.342 e. The maximum atomic E-state index is 12.8. The van der Waals surface area contributed by atoms with E-state index in [1.165, 1.54) is 15.3 Å². The number of aryl methyl sites for hydroxylation is 1. The van der Waals surface area contributed by atoms with Gasteiger partial charge in [0.2, 0.25) is 10.0 Å². The first kappa shape index (κ1) is 22.8. The van der Waals surface area contributed by atoms with E-state index in [0.29, 0.717) is 5.39 Å². The van der Waals surface area contributed by atoms with Crippen LogP contribution in [0.15, 0.2) is 65.6 Å². The number of ether oxygens (including phenoxy) is 1. The molecule has 4 rings (SSSR count). The minimum absolute atomic E-state index is 0.0180. The molecule has 0 spiro atoms. The third-order valence-corrected chi connectivity index (χ3v) is 7.61. The Labute approximate surface area is 192 Å². The van der Waals surface area contributed by atoms with Gasteiger partial charge in [-0.15, -0.1) is 0 Å². The van der Waals surface area contributed by atoms with Gasteiger partial charge in [0.15, 0.2) is 6.61 Å². The van der Waals surface area contributed by atoms with Gasteiger partial charge in [0, 0.05) is 31.6 Å². The molecular weight excluding hydrogens is 444 g/mol. The second kappa shape index (κ2) is 9.21. The van der Waals surface area contributed by atoms with Crippen LogP contribution < -0.4 is 0 Å². The maximum Gasteiger partial charge on any atom is 0.342 e. The number of hydrogen-bond donors (Lipinski definition) is 1. The van der Waals surface area contributed by atoms with Crippen LogP contribution in [0.4, 0.5) is 0 Å². The second-order valence-corrected chi connectivity index (χ2v) is 9.79. The van der Waals surface area contributed by atoms with Crippen molar-refractivity contribution >= 4 is 32.7 Å². The Hall–Kier alpha value is -3.43. The van der Waals surface area contributed by atoms with Crippen LogP contribution in [0.2, 0.25) is 0 Å². The van der Waals surface area contributed by atoms with Crippen molar-refractivity contribution in [1.29, 1.82) is 0 Å². The zero-order valence-electron chi connectivity index (χ0n) is 18.1. The summed E-state index contributed by atoms with van der Waals surface area (Å²) in [6.07, 6.45) is 0. The molecule has 33 heavy (non-hydrogen) atoms. The molecule has 0 atom stereocenters. The number of esters is 1. The van der Waals surface area contributed by atoms with Crippen LogP contribution in [-0.4, -0.2) is 67.4 Å². The lowest BCUT2D eigenvalue weighted by atomic mass is 10.1. The summed E-state index contributed by atoms with van der Waals surface area (Å²) >= 11 is 0. The number of aromatic hydroxyl groups is 1. The van der Waals surface area contributed by atoms with Gasteiger partial charge in [0.05, 0.1) is 4.90 Å². The molecule has 3 aromatic carbocycles. The van der Waals surface area contributed by atoms with Gasteiger partial charge in [-0.05, 0) is 30.5 Å². The molecule has 0 aromatic heterocycles. The van der Waals surface area contributed by atoms with E-state index in [1.807, 2.05) is 19.1 Å². The highest BCUT2D eigenvalue weighted by Gasteiger charge is 2.30. The minimum Gasteiger partial charge on any atom is -0.506 e. The van der Waals surface area contributed by atoms with Crippen LogP contribution in [-0.2, 0) is 19.6 Å². The number of phenolic OH excluding ortho intramolecular Hbond substituents is 1. The first-order valence-electron chi connectivity index (χ1n) is 10.5. The zero-order valence-corrected chi connectivity index (χ0v) is 18.9. The molecule has 172 valence electrons. The molecule has 9 heteroatoms. The first-order valence-corrected chi connectivity index (χ1v) is 11.9. The van der Waals surface area contributed by atoms with Gasteiger partial charge in [-0.2, -0.15) is 4.31 Å². The van der Waals surface area contributed by atoms with E-state index in [0.717, 1.165) is 10.9 Å². The van der Waals surface area contributed by atoms with Gasteiger partial charge >= 0.3 is 5.97 Å². The SMILES string of the molecule is Cc1ccc(S(=O)(=O)N2CCN(C(=O)COC(=O)c3ccc4ccccc4c3O)CC2)cc1. The summed E-state index contributed by atoms with van der Waals surface area (Å²) in [7, 11) is -3.63. The Balaban J connectivity index is 1.34. The number of amides is 1. The highest BCUT2D eigenvalue weighted by atomic mass is 32.2. The van der Waals surface area contributed by atoms with Crippen LogP contribution in [0, 0.1) is 6.92 Å². The minimum atomic E-state index is -3.63. The van der Waals surface area contributed by atoms with Crippen LogP contribution in [0.3, 0.4) is 0 Å². The fraction of sp³-hybridized carbons (Fsp3) is 0.250. The van der Waals surface area contributed by atoms with Crippen LogP contribution >= 0.6 is 0 Å². The number of phenols is 1. The summed E-state index contributed by atoms with van der Waals surface area (Å²) in [6, 6.07) is 16.9. The lowest BCUT2D eigenvalue weighted by Crippen LogP contribution is -2.51. The Morgan fingerprint density at radius 3 is 2.30 bits per heavy atom. The van der Waals surface area contributed by atoms with Gasteiger partial charge in [-0.25, -0.2) is 13.2 Å². The fourth-order valence-corrected chi connectivity index (χ4v) is 5.18. The van der Waals surface area contributed by atoms with Gasteiger partial charge in [-0.1, -0.05) is 48.0 Å². The number of carbonyl (C=O) groups is 2. The van der Waals surface area contributed by atoms with E-state index in [2.05, 4.69) is 0 Å². The molecule has 1 saturated heterocycles. The topological polar surface area (TPSA) is 104 Å². The lowest BCUT2D eigenvalue weighted by molar-refractivity contribution is -0.135. The Morgan fingerprint density at radius 2 is 1.61 bits per heavy atom. The van der Waals surface area contributed by atoms with Crippen molar-refractivity contribution in [2.24, 2.45) is 0 Å². The van der Waals surface area contributed by atoms with E-state index < -0.39 is 28.5 Å². The molecule has 0 unspecified atom stereocenters. The van der Waals surface area contributed by atoms with E-state index in [-0.39, 0.29) is 42.4 Å². The average molecular weight is 469 g/mol.